The Morgan fingerprint density at radius 3 is 2.41 bits per heavy atom. The smallest absolute Gasteiger partial charge is 0.286 e. The van der Waals surface area contributed by atoms with Gasteiger partial charge >= 0.3 is 11.7 Å². The first-order chi connectivity index (χ1) is 10.6. The lowest BCUT2D eigenvalue weighted by atomic mass is 10.3. The molecule has 6 nitrogen and oxygen atoms in total. The first-order valence-electron chi connectivity index (χ1n) is 7.43. The van der Waals surface area contributed by atoms with Gasteiger partial charge in [-0.1, -0.05) is 28.8 Å². The van der Waals surface area contributed by atoms with Crippen molar-refractivity contribution in [3.8, 4) is 0 Å². The van der Waals surface area contributed by atoms with Crippen LogP contribution in [0.5, 0.6) is 0 Å². The van der Waals surface area contributed by atoms with Gasteiger partial charge in [0.2, 0.25) is 0 Å². The van der Waals surface area contributed by atoms with Crippen LogP contribution in [0.4, 0.5) is 10.5 Å². The fourth-order valence-corrected chi connectivity index (χ4v) is 3.52. The van der Waals surface area contributed by atoms with E-state index >= 15 is 0 Å². The molecule has 0 saturated heterocycles. The first kappa shape index (κ1) is 13.8. The molecule has 114 valence electrons. The summed E-state index contributed by atoms with van der Waals surface area (Å²) in [6, 6.07) is 7.29. The fraction of sp³-hybridized carbons (Fsp3) is 0.400. The molecule has 22 heavy (non-hydrogen) atoms. The van der Waals surface area contributed by atoms with Crippen molar-refractivity contribution < 1.29 is 4.79 Å². The van der Waals surface area contributed by atoms with Crippen molar-refractivity contribution in [1.82, 2.24) is 14.3 Å². The van der Waals surface area contributed by atoms with Crippen LogP contribution in [0.2, 0.25) is 0 Å². The molecule has 1 amide bonds. The number of halogens is 1. The number of benzene rings is 1. The topological polar surface area (TPSA) is 60.1 Å². The summed E-state index contributed by atoms with van der Waals surface area (Å²) in [5.41, 5.74) is 0.469. The lowest BCUT2D eigenvalue weighted by molar-refractivity contribution is 0.249. The van der Waals surface area contributed by atoms with E-state index in [9.17, 15) is 9.59 Å². The van der Waals surface area contributed by atoms with E-state index in [1.807, 2.05) is 24.3 Å². The first-order valence-corrected chi connectivity index (χ1v) is 8.22. The zero-order valence-electron chi connectivity index (χ0n) is 11.9. The Kier molecular flexibility index (Phi) is 3.18. The zero-order valence-corrected chi connectivity index (χ0v) is 13.5. The number of carbonyl (C=O) groups is 1. The van der Waals surface area contributed by atoms with Crippen molar-refractivity contribution in [2.45, 2.75) is 38.3 Å². The van der Waals surface area contributed by atoms with Crippen LogP contribution < -0.4 is 10.6 Å². The maximum Gasteiger partial charge on any atom is 0.354 e. The predicted octanol–water partition coefficient (Wildman–Crippen LogP) is 2.91. The number of anilines is 1. The van der Waals surface area contributed by atoms with Crippen LogP contribution in [0.25, 0.3) is 0 Å². The summed E-state index contributed by atoms with van der Waals surface area (Å²) in [6.45, 7) is 0.343. The molecule has 2 heterocycles. The van der Waals surface area contributed by atoms with Crippen LogP contribution in [0.15, 0.2) is 33.5 Å². The van der Waals surface area contributed by atoms with E-state index in [2.05, 4.69) is 21.0 Å². The van der Waals surface area contributed by atoms with Crippen molar-refractivity contribution in [3.05, 3.63) is 45.0 Å². The Labute approximate surface area is 135 Å². The third kappa shape index (κ3) is 2.03. The SMILES string of the molecule is O=C1N(c2ccc(Br)cc2)Cc2nn(C3CCCC3)c(=O)n21. The summed E-state index contributed by atoms with van der Waals surface area (Å²) in [5.74, 6) is 0.532. The third-order valence-corrected chi connectivity index (χ3v) is 4.93. The number of carbonyl (C=O) groups excluding carboxylic acids is 1. The molecule has 1 aliphatic carbocycles. The van der Waals surface area contributed by atoms with Crippen molar-refractivity contribution >= 4 is 27.6 Å². The number of aromatic nitrogens is 3. The Bertz CT molecular complexity index is 787. The van der Waals surface area contributed by atoms with Crippen molar-refractivity contribution in [3.63, 3.8) is 0 Å². The minimum Gasteiger partial charge on any atom is -0.286 e. The second-order valence-corrected chi connectivity index (χ2v) is 6.68. The summed E-state index contributed by atoms with van der Waals surface area (Å²) in [6.07, 6.45) is 4.19. The normalized spacial score (nSPS) is 18.2. The Morgan fingerprint density at radius 1 is 1.09 bits per heavy atom. The molecular weight excluding hydrogens is 348 g/mol. The molecule has 1 fully saturated rings. The van der Waals surface area contributed by atoms with E-state index in [1.165, 1.54) is 9.25 Å². The molecular formula is C15H15BrN4O2. The molecule has 0 bridgehead atoms. The van der Waals surface area contributed by atoms with E-state index in [0.29, 0.717) is 12.4 Å². The van der Waals surface area contributed by atoms with Crippen LogP contribution in [-0.2, 0) is 6.54 Å². The molecule has 0 spiro atoms. The highest BCUT2D eigenvalue weighted by Gasteiger charge is 2.35. The van der Waals surface area contributed by atoms with Gasteiger partial charge in [-0.25, -0.2) is 14.3 Å². The van der Waals surface area contributed by atoms with Gasteiger partial charge in [-0.2, -0.15) is 9.67 Å². The molecule has 4 rings (SSSR count). The summed E-state index contributed by atoms with van der Waals surface area (Å²) in [7, 11) is 0. The second kappa shape index (κ2) is 5.08. The highest BCUT2D eigenvalue weighted by atomic mass is 79.9. The molecule has 0 N–H and O–H groups in total. The molecule has 0 unspecified atom stereocenters. The van der Waals surface area contributed by atoms with E-state index in [4.69, 9.17) is 0 Å². The molecule has 2 aromatic rings. The number of amides is 1. The van der Waals surface area contributed by atoms with Gasteiger partial charge in [-0.05, 0) is 37.1 Å². The van der Waals surface area contributed by atoms with Gasteiger partial charge in [0.1, 0.15) is 0 Å². The quantitative estimate of drug-likeness (QED) is 0.824. The summed E-state index contributed by atoms with van der Waals surface area (Å²) >= 11 is 3.37. The van der Waals surface area contributed by atoms with Crippen LogP contribution in [-0.4, -0.2) is 20.4 Å². The van der Waals surface area contributed by atoms with Crippen LogP contribution in [0.3, 0.4) is 0 Å². The Morgan fingerprint density at radius 2 is 1.77 bits per heavy atom. The number of hydrogen-bond donors (Lipinski definition) is 0. The zero-order chi connectivity index (χ0) is 15.3. The van der Waals surface area contributed by atoms with Crippen LogP contribution in [0.1, 0.15) is 37.5 Å². The minimum atomic E-state index is -0.313. The van der Waals surface area contributed by atoms with E-state index in [-0.39, 0.29) is 17.8 Å². The van der Waals surface area contributed by atoms with E-state index in [1.54, 1.807) is 4.90 Å². The molecule has 0 atom stereocenters. The Hall–Kier alpha value is -1.89. The summed E-state index contributed by atoms with van der Waals surface area (Å²) in [4.78, 5) is 26.6. The average Bonchev–Trinajstić information content (AvgIpc) is 3.19. The van der Waals surface area contributed by atoms with Crippen LogP contribution in [0, 0.1) is 0 Å². The monoisotopic (exact) mass is 362 g/mol. The maximum atomic E-state index is 12.6. The number of nitrogens with zero attached hydrogens (tertiary/aromatic N) is 4. The second-order valence-electron chi connectivity index (χ2n) is 5.76. The van der Waals surface area contributed by atoms with Gasteiger partial charge in [-0.3, -0.25) is 4.90 Å². The van der Waals surface area contributed by atoms with E-state index < -0.39 is 0 Å². The van der Waals surface area contributed by atoms with Gasteiger partial charge in [0.25, 0.3) is 0 Å². The average molecular weight is 363 g/mol. The van der Waals surface area contributed by atoms with Gasteiger partial charge < -0.3 is 0 Å². The predicted molar refractivity (Wildman–Crippen MR) is 85.1 cm³/mol. The van der Waals surface area contributed by atoms with Crippen molar-refractivity contribution in [2.75, 3.05) is 4.90 Å². The van der Waals surface area contributed by atoms with Gasteiger partial charge in [0.15, 0.2) is 5.82 Å². The summed E-state index contributed by atoms with van der Waals surface area (Å²) in [5, 5.41) is 4.41. The summed E-state index contributed by atoms with van der Waals surface area (Å²) < 4.78 is 3.67. The largest absolute Gasteiger partial charge is 0.354 e. The van der Waals surface area contributed by atoms with Crippen molar-refractivity contribution in [1.29, 1.82) is 0 Å². The lowest BCUT2D eigenvalue weighted by Crippen LogP contribution is -2.35. The molecule has 0 radical (unpaired) electrons. The van der Waals surface area contributed by atoms with Crippen molar-refractivity contribution in [2.24, 2.45) is 0 Å². The highest BCUT2D eigenvalue weighted by molar-refractivity contribution is 9.10. The molecule has 7 heteroatoms. The molecule has 2 aliphatic rings. The minimum absolute atomic E-state index is 0.152. The highest BCUT2D eigenvalue weighted by Crippen LogP contribution is 2.29. The van der Waals surface area contributed by atoms with Gasteiger partial charge in [-0.15, -0.1) is 0 Å². The van der Waals surface area contributed by atoms with Gasteiger partial charge in [0, 0.05) is 10.2 Å². The number of hydrogen-bond acceptors (Lipinski definition) is 3. The molecule has 1 aromatic heterocycles. The number of rotatable bonds is 2. The van der Waals surface area contributed by atoms with E-state index in [0.717, 1.165) is 35.8 Å². The fourth-order valence-electron chi connectivity index (χ4n) is 3.26. The maximum absolute atomic E-state index is 12.6. The Balaban J connectivity index is 1.68. The third-order valence-electron chi connectivity index (χ3n) is 4.40. The molecule has 1 aliphatic heterocycles. The van der Waals surface area contributed by atoms with Gasteiger partial charge in [0.05, 0.1) is 12.6 Å². The number of fused-ring (bicyclic) bond motifs is 1. The standard InChI is InChI=1S/C15H15BrN4O2/c16-10-5-7-11(8-6-10)18-9-13-17-20(12-3-1-2-4-12)15(22)19(13)14(18)21/h5-8,12H,1-4,9H2. The molecule has 1 aromatic carbocycles. The van der Waals surface area contributed by atoms with Crippen LogP contribution >= 0.6 is 15.9 Å². The lowest BCUT2D eigenvalue weighted by Gasteiger charge is -2.15. The molecule has 1 saturated carbocycles.